The molecule has 0 radical (unpaired) electrons. The van der Waals surface area contributed by atoms with Crippen molar-refractivity contribution >= 4 is 17.3 Å². The predicted molar refractivity (Wildman–Crippen MR) is 80.5 cm³/mol. The number of carbonyl (C=O) groups is 1. The van der Waals surface area contributed by atoms with Crippen LogP contribution < -0.4 is 20.5 Å². The summed E-state index contributed by atoms with van der Waals surface area (Å²) >= 11 is 0. The fourth-order valence-corrected chi connectivity index (χ4v) is 2.32. The molecule has 0 atom stereocenters. The molecule has 1 amide bonds. The smallest absolute Gasteiger partial charge is 0.228 e. The zero-order chi connectivity index (χ0) is 14.8. The monoisotopic (exact) mass is 284 g/mol. The van der Waals surface area contributed by atoms with Gasteiger partial charge in [-0.2, -0.15) is 0 Å². The number of nitrogens with one attached hydrogen (secondary N) is 1. The van der Waals surface area contributed by atoms with Gasteiger partial charge in [-0.1, -0.05) is 12.1 Å². The molecule has 0 aromatic heterocycles. The summed E-state index contributed by atoms with van der Waals surface area (Å²) in [6, 6.07) is 11.2. The predicted octanol–water partition coefficient (Wildman–Crippen LogP) is 2.35. The SMILES string of the molecule is COc1cccc(COc2cc3c(cc2N)CC(=O)N3)c1. The van der Waals surface area contributed by atoms with Crippen molar-refractivity contribution in [2.45, 2.75) is 13.0 Å². The van der Waals surface area contributed by atoms with E-state index in [1.165, 1.54) is 0 Å². The van der Waals surface area contributed by atoms with Gasteiger partial charge in [-0.15, -0.1) is 0 Å². The molecule has 0 spiro atoms. The summed E-state index contributed by atoms with van der Waals surface area (Å²) in [6.45, 7) is 0.383. The lowest BCUT2D eigenvalue weighted by Gasteiger charge is -2.11. The Kier molecular flexibility index (Phi) is 3.39. The van der Waals surface area contributed by atoms with E-state index in [9.17, 15) is 4.79 Å². The fraction of sp³-hybridized carbons (Fsp3) is 0.188. The first-order chi connectivity index (χ1) is 10.2. The Morgan fingerprint density at radius 1 is 1.29 bits per heavy atom. The summed E-state index contributed by atoms with van der Waals surface area (Å²) in [6.07, 6.45) is 0.371. The van der Waals surface area contributed by atoms with Crippen molar-refractivity contribution in [2.75, 3.05) is 18.2 Å². The number of anilines is 2. The van der Waals surface area contributed by atoms with E-state index in [0.717, 1.165) is 22.6 Å². The van der Waals surface area contributed by atoms with Gasteiger partial charge in [0.2, 0.25) is 5.91 Å². The molecule has 0 saturated heterocycles. The third-order valence-electron chi connectivity index (χ3n) is 3.39. The maximum Gasteiger partial charge on any atom is 0.228 e. The molecule has 0 unspecified atom stereocenters. The van der Waals surface area contributed by atoms with Crippen LogP contribution in [0.1, 0.15) is 11.1 Å². The van der Waals surface area contributed by atoms with Crippen LogP contribution >= 0.6 is 0 Å². The second kappa shape index (κ2) is 5.36. The maximum atomic E-state index is 11.4. The highest BCUT2D eigenvalue weighted by Crippen LogP contribution is 2.33. The molecule has 0 fully saturated rings. The molecule has 0 bridgehead atoms. The first-order valence-corrected chi connectivity index (χ1v) is 6.63. The lowest BCUT2D eigenvalue weighted by atomic mass is 10.1. The molecular weight excluding hydrogens is 268 g/mol. The van der Waals surface area contributed by atoms with E-state index in [1.54, 1.807) is 19.2 Å². The number of nitrogen functional groups attached to an aromatic ring is 1. The third-order valence-corrected chi connectivity index (χ3v) is 3.39. The van der Waals surface area contributed by atoms with Crippen LogP contribution in [0.5, 0.6) is 11.5 Å². The number of hydrogen-bond acceptors (Lipinski definition) is 4. The van der Waals surface area contributed by atoms with Gasteiger partial charge in [0.05, 0.1) is 19.2 Å². The molecule has 2 aromatic rings. The molecule has 1 aliphatic heterocycles. The lowest BCUT2D eigenvalue weighted by molar-refractivity contribution is -0.115. The van der Waals surface area contributed by atoms with Crippen LogP contribution in [-0.2, 0) is 17.8 Å². The van der Waals surface area contributed by atoms with Crippen LogP contribution in [0.2, 0.25) is 0 Å². The molecule has 0 saturated carbocycles. The minimum Gasteiger partial charge on any atom is -0.497 e. The van der Waals surface area contributed by atoms with Crippen molar-refractivity contribution in [1.29, 1.82) is 0 Å². The van der Waals surface area contributed by atoms with Gasteiger partial charge in [0, 0.05) is 11.8 Å². The van der Waals surface area contributed by atoms with E-state index in [1.807, 2.05) is 24.3 Å². The summed E-state index contributed by atoms with van der Waals surface area (Å²) in [7, 11) is 1.63. The Bertz CT molecular complexity index is 698. The van der Waals surface area contributed by atoms with Crippen molar-refractivity contribution in [1.82, 2.24) is 0 Å². The number of methoxy groups -OCH3 is 1. The minimum atomic E-state index is -0.0191. The van der Waals surface area contributed by atoms with Crippen LogP contribution in [0.3, 0.4) is 0 Å². The van der Waals surface area contributed by atoms with Crippen molar-refractivity contribution in [3.05, 3.63) is 47.5 Å². The molecular formula is C16H16N2O3. The van der Waals surface area contributed by atoms with E-state index in [2.05, 4.69) is 5.32 Å². The average molecular weight is 284 g/mol. The van der Waals surface area contributed by atoms with E-state index >= 15 is 0 Å². The quantitative estimate of drug-likeness (QED) is 0.845. The van der Waals surface area contributed by atoms with Crippen LogP contribution in [0, 0.1) is 0 Å². The summed E-state index contributed by atoms with van der Waals surface area (Å²) in [5, 5.41) is 2.79. The fourth-order valence-electron chi connectivity index (χ4n) is 2.32. The summed E-state index contributed by atoms with van der Waals surface area (Å²) in [4.78, 5) is 11.4. The van der Waals surface area contributed by atoms with Crippen molar-refractivity contribution in [2.24, 2.45) is 0 Å². The lowest BCUT2D eigenvalue weighted by Crippen LogP contribution is -2.03. The van der Waals surface area contributed by atoms with E-state index < -0.39 is 0 Å². The molecule has 5 heteroatoms. The van der Waals surface area contributed by atoms with Crippen molar-refractivity contribution in [3.63, 3.8) is 0 Å². The largest absolute Gasteiger partial charge is 0.497 e. The number of fused-ring (bicyclic) bond motifs is 1. The van der Waals surface area contributed by atoms with Crippen molar-refractivity contribution < 1.29 is 14.3 Å². The van der Waals surface area contributed by atoms with Crippen LogP contribution in [0.4, 0.5) is 11.4 Å². The third kappa shape index (κ3) is 2.76. The van der Waals surface area contributed by atoms with E-state index in [4.69, 9.17) is 15.2 Å². The number of hydrogen-bond donors (Lipinski definition) is 2. The number of benzene rings is 2. The number of amides is 1. The normalized spacial score (nSPS) is 12.7. The number of carbonyl (C=O) groups excluding carboxylic acids is 1. The maximum absolute atomic E-state index is 11.4. The summed E-state index contributed by atoms with van der Waals surface area (Å²) in [5.41, 5.74) is 9.17. The average Bonchev–Trinajstić information content (AvgIpc) is 2.84. The highest BCUT2D eigenvalue weighted by Gasteiger charge is 2.19. The second-order valence-electron chi connectivity index (χ2n) is 4.91. The molecule has 1 aliphatic rings. The van der Waals surface area contributed by atoms with Crippen LogP contribution in [0.25, 0.3) is 0 Å². The zero-order valence-electron chi connectivity index (χ0n) is 11.7. The first kappa shape index (κ1) is 13.3. The molecule has 5 nitrogen and oxygen atoms in total. The molecule has 21 heavy (non-hydrogen) atoms. The highest BCUT2D eigenvalue weighted by atomic mass is 16.5. The topological polar surface area (TPSA) is 73.6 Å². The van der Waals surface area contributed by atoms with Gasteiger partial charge in [0.15, 0.2) is 0 Å². The number of ether oxygens (including phenoxy) is 2. The first-order valence-electron chi connectivity index (χ1n) is 6.63. The van der Waals surface area contributed by atoms with Gasteiger partial charge in [-0.05, 0) is 29.3 Å². The number of nitrogens with two attached hydrogens (primary N) is 1. The van der Waals surface area contributed by atoms with Gasteiger partial charge in [0.25, 0.3) is 0 Å². The summed E-state index contributed by atoms with van der Waals surface area (Å²) < 4.78 is 10.9. The Labute approximate surface area is 122 Å². The van der Waals surface area contributed by atoms with Gasteiger partial charge < -0.3 is 20.5 Å². The zero-order valence-corrected chi connectivity index (χ0v) is 11.7. The van der Waals surface area contributed by atoms with E-state index in [0.29, 0.717) is 24.5 Å². The van der Waals surface area contributed by atoms with E-state index in [-0.39, 0.29) is 5.91 Å². The van der Waals surface area contributed by atoms with Crippen LogP contribution in [0.15, 0.2) is 36.4 Å². The summed E-state index contributed by atoms with van der Waals surface area (Å²) in [5.74, 6) is 1.33. The van der Waals surface area contributed by atoms with Gasteiger partial charge in [0.1, 0.15) is 18.1 Å². The minimum absolute atomic E-state index is 0.0191. The van der Waals surface area contributed by atoms with Crippen LogP contribution in [-0.4, -0.2) is 13.0 Å². The Morgan fingerprint density at radius 2 is 2.14 bits per heavy atom. The van der Waals surface area contributed by atoms with Gasteiger partial charge in [-0.25, -0.2) is 0 Å². The Balaban J connectivity index is 1.76. The van der Waals surface area contributed by atoms with Gasteiger partial charge in [-0.3, -0.25) is 4.79 Å². The standard InChI is InChI=1S/C16H16N2O3/c1-20-12-4-2-3-10(5-12)9-21-15-8-14-11(6-13(15)17)7-16(19)18-14/h2-6,8H,7,9,17H2,1H3,(H,18,19). The Hall–Kier alpha value is -2.69. The van der Waals surface area contributed by atoms with Gasteiger partial charge >= 0.3 is 0 Å². The molecule has 2 aromatic carbocycles. The molecule has 108 valence electrons. The molecule has 0 aliphatic carbocycles. The van der Waals surface area contributed by atoms with Crippen molar-refractivity contribution in [3.8, 4) is 11.5 Å². The molecule has 3 rings (SSSR count). The second-order valence-corrected chi connectivity index (χ2v) is 4.91. The Morgan fingerprint density at radius 3 is 2.95 bits per heavy atom. The highest BCUT2D eigenvalue weighted by molar-refractivity contribution is 6.00. The number of rotatable bonds is 4. The molecule has 3 N–H and O–H groups in total. The molecule has 1 heterocycles.